The molecule has 5 nitrogen and oxygen atoms in total. The highest BCUT2D eigenvalue weighted by atomic mass is 35.5. The zero-order valence-corrected chi connectivity index (χ0v) is 8.09. The van der Waals surface area contributed by atoms with Gasteiger partial charge in [-0.3, -0.25) is 10.1 Å². The SMILES string of the molecule is CC(=O)Nc1nc(Cl)c2cc[nH]c2n1. The summed E-state index contributed by atoms with van der Waals surface area (Å²) in [6, 6.07) is 1.77. The van der Waals surface area contributed by atoms with Crippen molar-refractivity contribution in [3.8, 4) is 0 Å². The molecule has 0 aliphatic rings. The number of nitrogens with zero attached hydrogens (tertiary/aromatic N) is 2. The van der Waals surface area contributed by atoms with E-state index in [-0.39, 0.29) is 11.9 Å². The van der Waals surface area contributed by atoms with Gasteiger partial charge in [0.05, 0.1) is 5.39 Å². The molecule has 14 heavy (non-hydrogen) atoms. The number of hydrogen-bond donors (Lipinski definition) is 2. The van der Waals surface area contributed by atoms with Gasteiger partial charge in [-0.05, 0) is 6.07 Å². The lowest BCUT2D eigenvalue weighted by Gasteiger charge is -2.00. The molecule has 2 rings (SSSR count). The van der Waals surface area contributed by atoms with Crippen molar-refractivity contribution in [2.45, 2.75) is 6.92 Å². The van der Waals surface area contributed by atoms with Gasteiger partial charge in [-0.15, -0.1) is 0 Å². The molecule has 72 valence electrons. The van der Waals surface area contributed by atoms with Crippen LogP contribution in [0, 0.1) is 0 Å². The standard InChI is InChI=1S/C8H7ClN4O/c1-4(14)11-8-12-6(9)5-2-3-10-7(5)13-8/h2-3H,1H3,(H2,10,11,12,13,14). The van der Waals surface area contributed by atoms with Crippen molar-refractivity contribution in [1.29, 1.82) is 0 Å². The van der Waals surface area contributed by atoms with E-state index < -0.39 is 0 Å². The van der Waals surface area contributed by atoms with E-state index in [0.717, 1.165) is 5.39 Å². The third-order valence-corrected chi connectivity index (χ3v) is 1.95. The van der Waals surface area contributed by atoms with E-state index >= 15 is 0 Å². The van der Waals surface area contributed by atoms with Crippen LogP contribution < -0.4 is 5.32 Å². The van der Waals surface area contributed by atoms with Crippen LogP contribution in [0.2, 0.25) is 5.15 Å². The molecular formula is C8H7ClN4O. The molecule has 0 radical (unpaired) electrons. The Hall–Kier alpha value is -1.62. The average Bonchev–Trinajstić information content (AvgIpc) is 2.50. The van der Waals surface area contributed by atoms with Gasteiger partial charge < -0.3 is 4.98 Å². The van der Waals surface area contributed by atoms with Gasteiger partial charge in [-0.2, -0.15) is 9.97 Å². The van der Waals surface area contributed by atoms with Crippen LogP contribution in [0.5, 0.6) is 0 Å². The minimum absolute atomic E-state index is 0.206. The summed E-state index contributed by atoms with van der Waals surface area (Å²) in [6.07, 6.45) is 1.71. The number of carbonyl (C=O) groups is 1. The van der Waals surface area contributed by atoms with Crippen molar-refractivity contribution in [2.24, 2.45) is 0 Å². The number of nitrogens with one attached hydrogen (secondary N) is 2. The first-order chi connectivity index (χ1) is 6.66. The van der Waals surface area contributed by atoms with Gasteiger partial charge in [0.25, 0.3) is 0 Å². The second-order valence-electron chi connectivity index (χ2n) is 2.76. The van der Waals surface area contributed by atoms with Gasteiger partial charge in [-0.25, -0.2) is 0 Å². The third kappa shape index (κ3) is 1.54. The topological polar surface area (TPSA) is 70.7 Å². The Morgan fingerprint density at radius 1 is 1.57 bits per heavy atom. The van der Waals surface area contributed by atoms with Crippen LogP contribution in [0.4, 0.5) is 5.95 Å². The molecule has 0 atom stereocenters. The second kappa shape index (κ2) is 3.26. The third-order valence-electron chi connectivity index (χ3n) is 1.66. The molecule has 1 amide bonds. The number of amides is 1. The Morgan fingerprint density at radius 2 is 2.36 bits per heavy atom. The van der Waals surface area contributed by atoms with E-state index in [2.05, 4.69) is 20.3 Å². The van der Waals surface area contributed by atoms with E-state index in [0.29, 0.717) is 10.8 Å². The lowest BCUT2D eigenvalue weighted by molar-refractivity contribution is -0.114. The molecule has 0 bridgehead atoms. The lowest BCUT2D eigenvalue weighted by Crippen LogP contribution is -2.09. The molecule has 0 aromatic carbocycles. The Balaban J connectivity index is 2.53. The predicted molar refractivity (Wildman–Crippen MR) is 53.2 cm³/mol. The van der Waals surface area contributed by atoms with Crippen molar-refractivity contribution >= 4 is 34.5 Å². The molecule has 0 fully saturated rings. The average molecular weight is 211 g/mol. The molecule has 6 heteroatoms. The summed E-state index contributed by atoms with van der Waals surface area (Å²) < 4.78 is 0. The van der Waals surface area contributed by atoms with Crippen LogP contribution in [0.25, 0.3) is 11.0 Å². The van der Waals surface area contributed by atoms with E-state index in [9.17, 15) is 4.79 Å². The zero-order chi connectivity index (χ0) is 10.1. The quantitative estimate of drug-likeness (QED) is 0.702. The molecule has 2 aromatic heterocycles. The normalized spacial score (nSPS) is 10.4. The van der Waals surface area contributed by atoms with E-state index in [1.54, 1.807) is 12.3 Å². The highest BCUT2D eigenvalue weighted by Gasteiger charge is 2.06. The Bertz CT molecular complexity index is 493. The number of H-pyrrole nitrogens is 1. The molecular weight excluding hydrogens is 204 g/mol. The number of rotatable bonds is 1. The summed E-state index contributed by atoms with van der Waals surface area (Å²) in [5, 5.41) is 3.52. The molecule has 2 heterocycles. The summed E-state index contributed by atoms with van der Waals surface area (Å²) in [6.45, 7) is 1.39. The minimum atomic E-state index is -0.230. The highest BCUT2D eigenvalue weighted by molar-refractivity contribution is 6.34. The van der Waals surface area contributed by atoms with Crippen molar-refractivity contribution < 1.29 is 4.79 Å². The van der Waals surface area contributed by atoms with Gasteiger partial charge in [0.1, 0.15) is 10.8 Å². The maximum atomic E-state index is 10.8. The molecule has 2 N–H and O–H groups in total. The monoisotopic (exact) mass is 210 g/mol. The molecule has 0 saturated carbocycles. The first kappa shape index (κ1) is 8.96. The van der Waals surface area contributed by atoms with Crippen LogP contribution >= 0.6 is 11.6 Å². The molecule has 0 saturated heterocycles. The maximum Gasteiger partial charge on any atom is 0.232 e. The van der Waals surface area contributed by atoms with Crippen LogP contribution in [0.15, 0.2) is 12.3 Å². The van der Waals surface area contributed by atoms with E-state index in [4.69, 9.17) is 11.6 Å². The van der Waals surface area contributed by atoms with Crippen LogP contribution in [-0.2, 0) is 4.79 Å². The first-order valence-electron chi connectivity index (χ1n) is 3.95. The largest absolute Gasteiger partial charge is 0.346 e. The van der Waals surface area contributed by atoms with Crippen LogP contribution in [0.3, 0.4) is 0 Å². The second-order valence-corrected chi connectivity index (χ2v) is 3.12. The fourth-order valence-electron chi connectivity index (χ4n) is 1.12. The van der Waals surface area contributed by atoms with E-state index in [1.807, 2.05) is 0 Å². The van der Waals surface area contributed by atoms with Crippen molar-refractivity contribution in [3.63, 3.8) is 0 Å². The highest BCUT2D eigenvalue weighted by Crippen LogP contribution is 2.20. The zero-order valence-electron chi connectivity index (χ0n) is 7.34. The maximum absolute atomic E-state index is 10.8. The Morgan fingerprint density at radius 3 is 3.07 bits per heavy atom. The van der Waals surface area contributed by atoms with Gasteiger partial charge in [0.2, 0.25) is 11.9 Å². The number of carbonyl (C=O) groups excluding carboxylic acids is 1. The number of fused-ring (bicyclic) bond motifs is 1. The van der Waals surface area contributed by atoms with Crippen molar-refractivity contribution in [2.75, 3.05) is 5.32 Å². The summed E-state index contributed by atoms with van der Waals surface area (Å²) in [7, 11) is 0. The number of aromatic nitrogens is 3. The Labute approximate surface area is 84.5 Å². The lowest BCUT2D eigenvalue weighted by atomic mass is 10.4. The minimum Gasteiger partial charge on any atom is -0.346 e. The van der Waals surface area contributed by atoms with Gasteiger partial charge in [-0.1, -0.05) is 11.6 Å². The number of halogens is 1. The summed E-state index contributed by atoms with van der Waals surface area (Å²) in [4.78, 5) is 21.6. The smallest absolute Gasteiger partial charge is 0.232 e. The molecule has 2 aromatic rings. The van der Waals surface area contributed by atoms with Crippen molar-refractivity contribution in [1.82, 2.24) is 15.0 Å². The molecule has 0 spiro atoms. The molecule has 0 aliphatic carbocycles. The number of hydrogen-bond acceptors (Lipinski definition) is 3. The summed E-state index contributed by atoms with van der Waals surface area (Å²) in [5.74, 6) is -0.0237. The number of aromatic amines is 1. The van der Waals surface area contributed by atoms with Gasteiger partial charge >= 0.3 is 0 Å². The first-order valence-corrected chi connectivity index (χ1v) is 4.33. The summed E-state index contributed by atoms with van der Waals surface area (Å²) >= 11 is 5.86. The molecule has 0 aliphatic heterocycles. The van der Waals surface area contributed by atoms with Gasteiger partial charge in [0, 0.05) is 13.1 Å². The van der Waals surface area contributed by atoms with Crippen molar-refractivity contribution in [3.05, 3.63) is 17.4 Å². The van der Waals surface area contributed by atoms with Gasteiger partial charge in [0.15, 0.2) is 0 Å². The van der Waals surface area contributed by atoms with Crippen LogP contribution in [-0.4, -0.2) is 20.9 Å². The number of anilines is 1. The Kier molecular flexibility index (Phi) is 2.09. The fraction of sp³-hybridized carbons (Fsp3) is 0.125. The van der Waals surface area contributed by atoms with E-state index in [1.165, 1.54) is 6.92 Å². The van der Waals surface area contributed by atoms with Crippen LogP contribution in [0.1, 0.15) is 6.92 Å². The molecule has 0 unspecified atom stereocenters. The fourth-order valence-corrected chi connectivity index (χ4v) is 1.35. The predicted octanol–water partition coefficient (Wildman–Crippen LogP) is 1.57. The summed E-state index contributed by atoms with van der Waals surface area (Å²) in [5.41, 5.74) is 0.605.